The number of thiophene rings is 1. The van der Waals surface area contributed by atoms with Crippen molar-refractivity contribution in [3.8, 4) is 0 Å². The van der Waals surface area contributed by atoms with Crippen LogP contribution in [0.5, 0.6) is 0 Å². The predicted octanol–water partition coefficient (Wildman–Crippen LogP) is 4.50. The molecule has 0 spiro atoms. The maximum absolute atomic E-state index is 10.6. The molecule has 0 radical (unpaired) electrons. The lowest BCUT2D eigenvalue weighted by molar-refractivity contribution is -0.107. The second kappa shape index (κ2) is 5.77. The zero-order chi connectivity index (χ0) is 13.9. The number of hydrogen-bond acceptors (Lipinski definition) is 4. The van der Waals surface area contributed by atoms with Crippen molar-refractivity contribution >= 4 is 39.5 Å². The van der Waals surface area contributed by atoms with E-state index in [1.165, 1.54) is 15.8 Å². The number of benzene rings is 1. The molecule has 0 fully saturated rings. The second-order valence-corrected chi connectivity index (χ2v) is 6.83. The molecule has 0 aliphatic heterocycles. The number of carbonyl (C=O) groups excluding carboxylic acids is 1. The zero-order valence-corrected chi connectivity index (χ0v) is 12.6. The minimum absolute atomic E-state index is 0.480. The van der Waals surface area contributed by atoms with E-state index in [0.29, 0.717) is 6.42 Å². The van der Waals surface area contributed by atoms with Gasteiger partial charge < -0.3 is 4.79 Å². The Morgan fingerprint density at radius 3 is 2.80 bits per heavy atom. The molecule has 4 heteroatoms. The van der Waals surface area contributed by atoms with E-state index < -0.39 is 0 Å². The maximum Gasteiger partial charge on any atom is 0.125 e. The van der Waals surface area contributed by atoms with Gasteiger partial charge in [-0.2, -0.15) is 0 Å². The molecule has 3 rings (SSSR count). The molecule has 2 aromatic heterocycles. The molecular formula is C16H13NOS2. The average Bonchev–Trinajstić information content (AvgIpc) is 2.85. The van der Waals surface area contributed by atoms with E-state index in [2.05, 4.69) is 42.2 Å². The van der Waals surface area contributed by atoms with E-state index in [0.717, 1.165) is 20.8 Å². The van der Waals surface area contributed by atoms with Crippen molar-refractivity contribution in [2.24, 2.45) is 0 Å². The minimum atomic E-state index is 0.480. The Kier molecular flexibility index (Phi) is 3.85. The molecule has 0 N–H and O–H groups in total. The van der Waals surface area contributed by atoms with Gasteiger partial charge in [0.2, 0.25) is 0 Å². The number of pyridine rings is 1. The molecule has 0 amide bonds. The molecule has 3 aromatic rings. The Morgan fingerprint density at radius 1 is 1.25 bits per heavy atom. The van der Waals surface area contributed by atoms with Crippen molar-refractivity contribution in [1.82, 2.24) is 4.98 Å². The molecule has 100 valence electrons. The monoisotopic (exact) mass is 299 g/mol. The number of nitrogens with zero attached hydrogens (tertiary/aromatic N) is 1. The van der Waals surface area contributed by atoms with Crippen LogP contribution in [0.2, 0.25) is 0 Å². The fraction of sp³-hybridized carbons (Fsp3) is 0.125. The van der Waals surface area contributed by atoms with Gasteiger partial charge in [-0.05, 0) is 25.1 Å². The Morgan fingerprint density at radius 2 is 2.05 bits per heavy atom. The summed E-state index contributed by atoms with van der Waals surface area (Å²) in [6.07, 6.45) is 5.19. The van der Waals surface area contributed by atoms with Gasteiger partial charge in [-0.1, -0.05) is 29.5 Å². The van der Waals surface area contributed by atoms with Crippen molar-refractivity contribution in [1.29, 1.82) is 0 Å². The summed E-state index contributed by atoms with van der Waals surface area (Å²) in [7, 11) is 0. The highest BCUT2D eigenvalue weighted by molar-refractivity contribution is 7.99. The van der Waals surface area contributed by atoms with Crippen molar-refractivity contribution in [2.45, 2.75) is 23.1 Å². The van der Waals surface area contributed by atoms with Crippen LogP contribution in [-0.2, 0) is 11.2 Å². The quantitative estimate of drug-likeness (QED) is 0.664. The van der Waals surface area contributed by atoms with Crippen molar-refractivity contribution in [3.63, 3.8) is 0 Å². The molecule has 0 aliphatic rings. The minimum Gasteiger partial charge on any atom is -0.303 e. The smallest absolute Gasteiger partial charge is 0.125 e. The van der Waals surface area contributed by atoms with Crippen molar-refractivity contribution < 1.29 is 4.79 Å². The Bertz CT molecular complexity index is 747. The maximum atomic E-state index is 10.6. The lowest BCUT2D eigenvalue weighted by Crippen LogP contribution is -1.79. The largest absolute Gasteiger partial charge is 0.303 e. The first kappa shape index (κ1) is 13.3. The van der Waals surface area contributed by atoms with Gasteiger partial charge in [-0.3, -0.25) is 4.98 Å². The Hall–Kier alpha value is -1.65. The average molecular weight is 299 g/mol. The lowest BCUT2D eigenvalue weighted by atomic mass is 10.2. The summed E-state index contributed by atoms with van der Waals surface area (Å²) in [5, 5.41) is 1.19. The van der Waals surface area contributed by atoms with Gasteiger partial charge in [0, 0.05) is 38.9 Å². The summed E-state index contributed by atoms with van der Waals surface area (Å²) in [5.41, 5.74) is 1.26. The third kappa shape index (κ3) is 2.76. The number of aldehydes is 1. The molecule has 0 aliphatic carbocycles. The van der Waals surface area contributed by atoms with Gasteiger partial charge in [0.15, 0.2) is 0 Å². The standard InChI is InChI=1S/C16H13NOS2/c1-11-2-4-12(5-3-11)19-15-9-17-10-16-14(15)8-13(20-16)6-7-18/h2-5,7-10H,6H2,1H3. The van der Waals surface area contributed by atoms with Crippen LogP contribution in [0.3, 0.4) is 0 Å². The van der Waals surface area contributed by atoms with Gasteiger partial charge >= 0.3 is 0 Å². The Balaban J connectivity index is 1.98. The number of hydrogen-bond donors (Lipinski definition) is 0. The molecule has 0 atom stereocenters. The summed E-state index contributed by atoms with van der Waals surface area (Å²) in [6.45, 7) is 2.08. The molecule has 0 unspecified atom stereocenters. The number of fused-ring (bicyclic) bond motifs is 1. The van der Waals surface area contributed by atoms with Gasteiger partial charge in [-0.15, -0.1) is 11.3 Å². The second-order valence-electron chi connectivity index (χ2n) is 4.55. The van der Waals surface area contributed by atoms with Gasteiger partial charge in [0.1, 0.15) is 6.29 Å². The van der Waals surface area contributed by atoms with Crippen LogP contribution in [0.25, 0.3) is 10.1 Å². The number of aryl methyl sites for hydroxylation is 1. The molecule has 2 nitrogen and oxygen atoms in total. The van der Waals surface area contributed by atoms with Crippen LogP contribution >= 0.6 is 23.1 Å². The third-order valence-electron chi connectivity index (χ3n) is 2.99. The van der Waals surface area contributed by atoms with E-state index in [-0.39, 0.29) is 0 Å². The summed E-state index contributed by atoms with van der Waals surface area (Å²) in [6, 6.07) is 10.6. The van der Waals surface area contributed by atoms with Gasteiger partial charge in [0.25, 0.3) is 0 Å². The van der Waals surface area contributed by atoms with E-state index in [9.17, 15) is 4.79 Å². The molecular weight excluding hydrogens is 286 g/mol. The van der Waals surface area contributed by atoms with Crippen LogP contribution in [0, 0.1) is 6.92 Å². The van der Waals surface area contributed by atoms with E-state index in [4.69, 9.17) is 0 Å². The fourth-order valence-corrected chi connectivity index (χ4v) is 3.97. The number of rotatable bonds is 4. The van der Waals surface area contributed by atoms with Gasteiger partial charge in [0.05, 0.1) is 4.70 Å². The van der Waals surface area contributed by atoms with Crippen molar-refractivity contribution in [2.75, 3.05) is 0 Å². The highest BCUT2D eigenvalue weighted by atomic mass is 32.2. The van der Waals surface area contributed by atoms with Crippen LogP contribution in [0.1, 0.15) is 10.4 Å². The first-order valence-corrected chi connectivity index (χ1v) is 7.94. The van der Waals surface area contributed by atoms with E-state index in [1.807, 2.05) is 12.4 Å². The number of carbonyl (C=O) groups is 1. The first-order valence-electron chi connectivity index (χ1n) is 6.31. The molecule has 1 aromatic carbocycles. The summed E-state index contributed by atoms with van der Waals surface area (Å²) in [5.74, 6) is 0. The van der Waals surface area contributed by atoms with Gasteiger partial charge in [-0.25, -0.2) is 0 Å². The third-order valence-corrected chi connectivity index (χ3v) is 5.14. The van der Waals surface area contributed by atoms with E-state index in [1.54, 1.807) is 23.1 Å². The normalized spacial score (nSPS) is 10.8. The first-order chi connectivity index (χ1) is 9.76. The van der Waals surface area contributed by atoms with Crippen molar-refractivity contribution in [3.05, 3.63) is 53.2 Å². The summed E-state index contributed by atoms with van der Waals surface area (Å²) >= 11 is 3.35. The highest BCUT2D eigenvalue weighted by Gasteiger charge is 2.08. The highest BCUT2D eigenvalue weighted by Crippen LogP contribution is 2.36. The van der Waals surface area contributed by atoms with Crippen LogP contribution in [0.15, 0.2) is 52.5 Å². The molecule has 0 bridgehead atoms. The summed E-state index contributed by atoms with van der Waals surface area (Å²) < 4.78 is 1.14. The molecule has 0 saturated heterocycles. The van der Waals surface area contributed by atoms with Crippen LogP contribution in [0.4, 0.5) is 0 Å². The van der Waals surface area contributed by atoms with E-state index >= 15 is 0 Å². The van der Waals surface area contributed by atoms with Crippen LogP contribution in [-0.4, -0.2) is 11.3 Å². The summed E-state index contributed by atoms with van der Waals surface area (Å²) in [4.78, 5) is 18.4. The zero-order valence-electron chi connectivity index (χ0n) is 11.0. The molecule has 0 saturated carbocycles. The predicted molar refractivity (Wildman–Crippen MR) is 84.7 cm³/mol. The fourth-order valence-electron chi connectivity index (χ4n) is 1.99. The molecule has 20 heavy (non-hydrogen) atoms. The molecule has 2 heterocycles. The van der Waals surface area contributed by atoms with Crippen LogP contribution < -0.4 is 0 Å². The lowest BCUT2D eigenvalue weighted by Gasteiger charge is -2.03. The number of aromatic nitrogens is 1. The SMILES string of the molecule is Cc1ccc(Sc2cncc3sc(CC=O)cc23)cc1. The Labute approximate surface area is 125 Å². The topological polar surface area (TPSA) is 30.0 Å².